The highest BCUT2D eigenvalue weighted by molar-refractivity contribution is 7.80. The first-order valence-corrected chi connectivity index (χ1v) is 3.94. The Balaban J connectivity index is 3.25. The summed E-state index contributed by atoms with van der Waals surface area (Å²) >= 11 is 4.29. The molecule has 0 fully saturated rings. The topological polar surface area (TPSA) is 9.23 Å². The minimum atomic E-state index is 0.874. The van der Waals surface area contributed by atoms with E-state index in [-0.39, 0.29) is 0 Å². The molecule has 1 rings (SSSR count). The molecule has 1 aromatic carbocycles. The van der Waals surface area contributed by atoms with Crippen molar-refractivity contribution in [1.82, 2.24) is 0 Å². The molecule has 0 spiro atoms. The zero-order valence-corrected chi connectivity index (χ0v) is 7.90. The molecular weight excluding hydrogens is 156 g/mol. The van der Waals surface area contributed by atoms with Gasteiger partial charge in [0.2, 0.25) is 0 Å². The lowest BCUT2D eigenvalue weighted by Crippen LogP contribution is -1.89. The number of ether oxygens (including phenoxy) is 1. The maximum atomic E-state index is 5.15. The van der Waals surface area contributed by atoms with Crippen LogP contribution in [0.25, 0.3) is 0 Å². The molecule has 1 nitrogen and oxygen atoms in total. The van der Waals surface area contributed by atoms with Crippen LogP contribution >= 0.6 is 12.6 Å². The molecule has 0 aliphatic heterocycles. The van der Waals surface area contributed by atoms with Crippen molar-refractivity contribution in [2.24, 2.45) is 0 Å². The van der Waals surface area contributed by atoms with Gasteiger partial charge in [-0.25, -0.2) is 0 Å². The number of benzene rings is 1. The molecule has 11 heavy (non-hydrogen) atoms. The van der Waals surface area contributed by atoms with Gasteiger partial charge in [-0.3, -0.25) is 0 Å². The van der Waals surface area contributed by atoms with Gasteiger partial charge in [0, 0.05) is 4.90 Å². The highest BCUT2D eigenvalue weighted by Gasteiger charge is 2.02. The summed E-state index contributed by atoms with van der Waals surface area (Å²) in [6, 6.07) is 4.08. The van der Waals surface area contributed by atoms with Crippen LogP contribution in [-0.2, 0) is 0 Å². The fourth-order valence-electron chi connectivity index (χ4n) is 1.20. The monoisotopic (exact) mass is 168 g/mol. The fourth-order valence-corrected chi connectivity index (χ4v) is 1.67. The average molecular weight is 168 g/mol. The van der Waals surface area contributed by atoms with Crippen LogP contribution in [0.1, 0.15) is 11.1 Å². The number of methoxy groups -OCH3 is 1. The minimum Gasteiger partial charge on any atom is -0.495 e. The van der Waals surface area contributed by atoms with Crippen molar-refractivity contribution in [3.05, 3.63) is 23.3 Å². The molecule has 0 unspecified atom stereocenters. The van der Waals surface area contributed by atoms with E-state index in [1.165, 1.54) is 5.56 Å². The summed E-state index contributed by atoms with van der Waals surface area (Å²) in [5.74, 6) is 0.874. The van der Waals surface area contributed by atoms with E-state index < -0.39 is 0 Å². The van der Waals surface area contributed by atoms with E-state index in [1.807, 2.05) is 19.9 Å². The van der Waals surface area contributed by atoms with Gasteiger partial charge in [-0.15, -0.1) is 12.6 Å². The van der Waals surface area contributed by atoms with Crippen molar-refractivity contribution >= 4 is 12.6 Å². The van der Waals surface area contributed by atoms with Crippen LogP contribution in [0.15, 0.2) is 17.0 Å². The van der Waals surface area contributed by atoms with Crippen LogP contribution in [0, 0.1) is 13.8 Å². The van der Waals surface area contributed by atoms with Gasteiger partial charge in [0.05, 0.1) is 7.11 Å². The standard InChI is InChI=1S/C9H12OS/c1-6-4-7(2)9(10-3)8(11)5-6/h4-5,11H,1-3H3. The quantitative estimate of drug-likeness (QED) is 0.634. The van der Waals surface area contributed by atoms with Crippen molar-refractivity contribution in [2.45, 2.75) is 18.7 Å². The molecule has 0 bridgehead atoms. The third-order valence-corrected chi connectivity index (χ3v) is 1.94. The van der Waals surface area contributed by atoms with Crippen molar-refractivity contribution in [1.29, 1.82) is 0 Å². The number of hydrogen-bond acceptors (Lipinski definition) is 2. The largest absolute Gasteiger partial charge is 0.495 e. The smallest absolute Gasteiger partial charge is 0.135 e. The Morgan fingerprint density at radius 2 is 1.91 bits per heavy atom. The molecule has 60 valence electrons. The minimum absolute atomic E-state index is 0.874. The van der Waals surface area contributed by atoms with Gasteiger partial charge in [-0.05, 0) is 31.0 Å². The molecule has 0 aliphatic carbocycles. The lowest BCUT2D eigenvalue weighted by Gasteiger charge is -2.07. The maximum absolute atomic E-state index is 5.15. The first-order chi connectivity index (χ1) is 5.15. The van der Waals surface area contributed by atoms with Crippen LogP contribution < -0.4 is 4.74 Å². The number of aryl methyl sites for hydroxylation is 2. The Bertz CT molecular complexity index is 245. The second-order valence-corrected chi connectivity index (χ2v) is 3.12. The molecule has 0 aromatic heterocycles. The van der Waals surface area contributed by atoms with Crippen molar-refractivity contribution in [3.63, 3.8) is 0 Å². The van der Waals surface area contributed by atoms with Gasteiger partial charge in [-0.1, -0.05) is 6.07 Å². The lowest BCUT2D eigenvalue weighted by molar-refractivity contribution is 0.401. The van der Waals surface area contributed by atoms with Gasteiger partial charge in [0.15, 0.2) is 0 Å². The molecule has 0 radical (unpaired) electrons. The second kappa shape index (κ2) is 3.18. The maximum Gasteiger partial charge on any atom is 0.135 e. The van der Waals surface area contributed by atoms with Crippen molar-refractivity contribution in [3.8, 4) is 5.75 Å². The molecule has 0 saturated heterocycles. The number of hydrogen-bond donors (Lipinski definition) is 1. The first kappa shape index (κ1) is 8.47. The molecule has 0 amide bonds. The van der Waals surface area contributed by atoms with Gasteiger partial charge >= 0.3 is 0 Å². The third kappa shape index (κ3) is 1.69. The van der Waals surface area contributed by atoms with Crippen LogP contribution in [0.3, 0.4) is 0 Å². The molecule has 0 N–H and O–H groups in total. The van der Waals surface area contributed by atoms with Crippen LogP contribution in [0.2, 0.25) is 0 Å². The fraction of sp³-hybridized carbons (Fsp3) is 0.333. The van der Waals surface area contributed by atoms with Gasteiger partial charge < -0.3 is 4.74 Å². The summed E-state index contributed by atoms with van der Waals surface area (Å²) in [7, 11) is 1.66. The summed E-state index contributed by atoms with van der Waals surface area (Å²) in [6.07, 6.45) is 0. The summed E-state index contributed by atoms with van der Waals surface area (Å²) in [5.41, 5.74) is 2.35. The van der Waals surface area contributed by atoms with Crippen molar-refractivity contribution in [2.75, 3.05) is 7.11 Å². The van der Waals surface area contributed by atoms with Gasteiger partial charge in [0.1, 0.15) is 5.75 Å². The SMILES string of the molecule is COc1c(C)cc(C)cc1S. The predicted octanol–water partition coefficient (Wildman–Crippen LogP) is 2.60. The average Bonchev–Trinajstić information content (AvgIpc) is 1.85. The Morgan fingerprint density at radius 3 is 2.36 bits per heavy atom. The first-order valence-electron chi connectivity index (χ1n) is 3.49. The normalized spacial score (nSPS) is 9.82. The van der Waals surface area contributed by atoms with E-state index in [9.17, 15) is 0 Å². The van der Waals surface area contributed by atoms with Crippen molar-refractivity contribution < 1.29 is 4.74 Å². The van der Waals surface area contributed by atoms with E-state index in [1.54, 1.807) is 7.11 Å². The van der Waals surface area contributed by atoms with E-state index >= 15 is 0 Å². The summed E-state index contributed by atoms with van der Waals surface area (Å²) in [6.45, 7) is 4.07. The Labute approximate surface area is 72.8 Å². The number of rotatable bonds is 1. The molecule has 2 heteroatoms. The van der Waals surface area contributed by atoms with Gasteiger partial charge in [-0.2, -0.15) is 0 Å². The lowest BCUT2D eigenvalue weighted by atomic mass is 10.1. The molecule has 1 aromatic rings. The number of thiol groups is 1. The van der Waals surface area contributed by atoms with Crippen LogP contribution in [0.4, 0.5) is 0 Å². The zero-order valence-electron chi connectivity index (χ0n) is 7.01. The van der Waals surface area contributed by atoms with E-state index in [2.05, 4.69) is 18.7 Å². The summed E-state index contributed by atoms with van der Waals surface area (Å²) < 4.78 is 5.15. The van der Waals surface area contributed by atoms with Gasteiger partial charge in [0.25, 0.3) is 0 Å². The zero-order chi connectivity index (χ0) is 8.43. The Kier molecular flexibility index (Phi) is 2.45. The van der Waals surface area contributed by atoms with E-state index in [0.717, 1.165) is 16.2 Å². The van der Waals surface area contributed by atoms with Crippen LogP contribution in [-0.4, -0.2) is 7.11 Å². The highest BCUT2D eigenvalue weighted by Crippen LogP contribution is 2.27. The van der Waals surface area contributed by atoms with Crippen LogP contribution in [0.5, 0.6) is 5.75 Å². The van der Waals surface area contributed by atoms with E-state index in [4.69, 9.17) is 4.74 Å². The van der Waals surface area contributed by atoms with E-state index in [0.29, 0.717) is 0 Å². The molecule has 0 atom stereocenters. The third-order valence-electron chi connectivity index (χ3n) is 1.60. The second-order valence-electron chi connectivity index (χ2n) is 2.63. The molecule has 0 heterocycles. The summed E-state index contributed by atoms with van der Waals surface area (Å²) in [4.78, 5) is 0.907. The molecule has 0 aliphatic rings. The Hall–Kier alpha value is -0.630. The highest BCUT2D eigenvalue weighted by atomic mass is 32.1. The molecule has 0 saturated carbocycles. The molecular formula is C9H12OS. The summed E-state index contributed by atoms with van der Waals surface area (Å²) in [5, 5.41) is 0. The predicted molar refractivity (Wildman–Crippen MR) is 49.7 cm³/mol. The Morgan fingerprint density at radius 1 is 1.27 bits per heavy atom.